The SMILES string of the molecule is O=C(NCCOc1ccc(F)cc1F)NC[C@H]1CCOC1. The second-order valence-corrected chi connectivity index (χ2v) is 4.79. The molecule has 0 spiro atoms. The molecule has 1 aliphatic rings. The standard InChI is InChI=1S/C14H18F2N2O3/c15-11-1-2-13(12(16)7-11)21-6-4-17-14(19)18-8-10-3-5-20-9-10/h1-2,7,10H,3-6,8-9H2,(H2,17,18,19)/t10-/m1/s1. The number of urea groups is 1. The third kappa shape index (κ3) is 5.18. The lowest BCUT2D eigenvalue weighted by Crippen LogP contribution is -2.40. The van der Waals surface area contributed by atoms with Crippen molar-refractivity contribution < 1.29 is 23.0 Å². The van der Waals surface area contributed by atoms with Gasteiger partial charge >= 0.3 is 6.03 Å². The van der Waals surface area contributed by atoms with Gasteiger partial charge in [0.25, 0.3) is 0 Å². The summed E-state index contributed by atoms with van der Waals surface area (Å²) in [6.07, 6.45) is 0.952. The number of hydrogen-bond donors (Lipinski definition) is 2. The van der Waals surface area contributed by atoms with Crippen LogP contribution < -0.4 is 15.4 Å². The van der Waals surface area contributed by atoms with E-state index in [-0.39, 0.29) is 24.9 Å². The first-order valence-corrected chi connectivity index (χ1v) is 6.82. The number of carbonyl (C=O) groups excluding carboxylic acids is 1. The maximum atomic E-state index is 13.3. The Morgan fingerprint density at radius 3 is 2.95 bits per heavy atom. The highest BCUT2D eigenvalue weighted by Crippen LogP contribution is 2.17. The van der Waals surface area contributed by atoms with Gasteiger partial charge in [-0.25, -0.2) is 13.6 Å². The molecular weight excluding hydrogens is 282 g/mol. The van der Waals surface area contributed by atoms with Crippen LogP contribution in [0.2, 0.25) is 0 Å². The second-order valence-electron chi connectivity index (χ2n) is 4.79. The third-order valence-electron chi connectivity index (χ3n) is 3.11. The minimum atomic E-state index is -0.763. The minimum absolute atomic E-state index is 0.0401. The zero-order valence-electron chi connectivity index (χ0n) is 11.5. The molecule has 1 aromatic rings. The van der Waals surface area contributed by atoms with Gasteiger partial charge in [0.15, 0.2) is 11.6 Å². The average molecular weight is 300 g/mol. The van der Waals surface area contributed by atoms with Crippen LogP contribution in [0.4, 0.5) is 13.6 Å². The predicted molar refractivity (Wildman–Crippen MR) is 72.2 cm³/mol. The lowest BCUT2D eigenvalue weighted by Gasteiger charge is -2.11. The molecule has 1 saturated heterocycles. The maximum Gasteiger partial charge on any atom is 0.314 e. The maximum absolute atomic E-state index is 13.3. The molecule has 1 fully saturated rings. The van der Waals surface area contributed by atoms with Crippen LogP contribution in [0.1, 0.15) is 6.42 Å². The fourth-order valence-corrected chi connectivity index (χ4v) is 1.96. The summed E-state index contributed by atoms with van der Waals surface area (Å²) >= 11 is 0. The Labute approximate surface area is 121 Å². The molecule has 0 aliphatic carbocycles. The average Bonchev–Trinajstić information content (AvgIpc) is 2.96. The van der Waals surface area contributed by atoms with E-state index >= 15 is 0 Å². The van der Waals surface area contributed by atoms with Crippen molar-refractivity contribution in [2.45, 2.75) is 6.42 Å². The number of carbonyl (C=O) groups is 1. The van der Waals surface area contributed by atoms with Crippen molar-refractivity contribution in [1.82, 2.24) is 10.6 Å². The van der Waals surface area contributed by atoms with E-state index in [1.807, 2.05) is 0 Å². The van der Waals surface area contributed by atoms with Gasteiger partial charge in [0.05, 0.1) is 13.2 Å². The summed E-state index contributed by atoms with van der Waals surface area (Å²) in [7, 11) is 0. The molecule has 2 rings (SSSR count). The number of benzene rings is 1. The van der Waals surface area contributed by atoms with Gasteiger partial charge in [0.1, 0.15) is 12.4 Å². The minimum Gasteiger partial charge on any atom is -0.489 e. The highest BCUT2D eigenvalue weighted by molar-refractivity contribution is 5.73. The van der Waals surface area contributed by atoms with Gasteiger partial charge < -0.3 is 20.1 Å². The van der Waals surface area contributed by atoms with E-state index in [2.05, 4.69) is 10.6 Å². The Morgan fingerprint density at radius 2 is 2.24 bits per heavy atom. The Bertz CT molecular complexity index is 479. The fraction of sp³-hybridized carbons (Fsp3) is 0.500. The van der Waals surface area contributed by atoms with E-state index in [1.165, 1.54) is 6.07 Å². The summed E-state index contributed by atoms with van der Waals surface area (Å²) in [4.78, 5) is 11.5. The van der Waals surface area contributed by atoms with Crippen molar-refractivity contribution >= 4 is 6.03 Å². The smallest absolute Gasteiger partial charge is 0.314 e. The van der Waals surface area contributed by atoms with E-state index in [4.69, 9.17) is 9.47 Å². The number of nitrogens with one attached hydrogen (secondary N) is 2. The first-order chi connectivity index (χ1) is 10.1. The highest BCUT2D eigenvalue weighted by atomic mass is 19.1. The van der Waals surface area contributed by atoms with E-state index in [0.29, 0.717) is 19.1 Å². The van der Waals surface area contributed by atoms with Gasteiger partial charge in [-0.3, -0.25) is 0 Å². The molecular formula is C14H18F2N2O3. The van der Waals surface area contributed by atoms with Gasteiger partial charge in [-0.1, -0.05) is 0 Å². The fourth-order valence-electron chi connectivity index (χ4n) is 1.96. The van der Waals surface area contributed by atoms with E-state index in [0.717, 1.165) is 25.2 Å². The van der Waals surface area contributed by atoms with E-state index in [9.17, 15) is 13.6 Å². The molecule has 0 bridgehead atoms. The van der Waals surface area contributed by atoms with Crippen LogP contribution in [0.5, 0.6) is 5.75 Å². The molecule has 7 heteroatoms. The molecule has 0 aromatic heterocycles. The molecule has 5 nitrogen and oxygen atoms in total. The van der Waals surface area contributed by atoms with Crippen molar-refractivity contribution in [1.29, 1.82) is 0 Å². The van der Waals surface area contributed by atoms with E-state index in [1.54, 1.807) is 0 Å². The van der Waals surface area contributed by atoms with Crippen molar-refractivity contribution in [2.24, 2.45) is 5.92 Å². The number of amides is 2. The highest BCUT2D eigenvalue weighted by Gasteiger charge is 2.16. The molecule has 1 aliphatic heterocycles. The van der Waals surface area contributed by atoms with Gasteiger partial charge in [-0.2, -0.15) is 0 Å². The lowest BCUT2D eigenvalue weighted by atomic mass is 10.1. The van der Waals surface area contributed by atoms with Gasteiger partial charge in [-0.15, -0.1) is 0 Å². The largest absolute Gasteiger partial charge is 0.489 e. The van der Waals surface area contributed by atoms with Gasteiger partial charge in [0.2, 0.25) is 0 Å². The molecule has 21 heavy (non-hydrogen) atoms. The van der Waals surface area contributed by atoms with Gasteiger partial charge in [-0.05, 0) is 18.6 Å². The number of halogens is 2. The molecule has 0 unspecified atom stereocenters. The number of hydrogen-bond acceptors (Lipinski definition) is 3. The Morgan fingerprint density at radius 1 is 1.38 bits per heavy atom. The zero-order valence-corrected chi connectivity index (χ0v) is 11.5. The van der Waals surface area contributed by atoms with E-state index < -0.39 is 11.6 Å². The topological polar surface area (TPSA) is 59.6 Å². The molecule has 116 valence electrons. The Balaban J connectivity index is 1.59. The van der Waals surface area contributed by atoms with Crippen molar-refractivity contribution in [3.05, 3.63) is 29.8 Å². The van der Waals surface area contributed by atoms with Crippen LogP contribution in [0, 0.1) is 17.6 Å². The summed E-state index contributed by atoms with van der Waals surface area (Å²) < 4.78 is 36.3. The molecule has 1 aromatic carbocycles. The first-order valence-electron chi connectivity index (χ1n) is 6.82. The van der Waals surface area contributed by atoms with Crippen molar-refractivity contribution in [3.63, 3.8) is 0 Å². The number of ether oxygens (including phenoxy) is 2. The zero-order chi connectivity index (χ0) is 15.1. The molecule has 2 N–H and O–H groups in total. The van der Waals surface area contributed by atoms with Crippen LogP contribution >= 0.6 is 0 Å². The van der Waals surface area contributed by atoms with Crippen LogP contribution in [0.25, 0.3) is 0 Å². The second kappa shape index (κ2) is 7.78. The molecule has 2 amide bonds. The Kier molecular flexibility index (Phi) is 5.74. The Hall–Kier alpha value is -1.89. The summed E-state index contributed by atoms with van der Waals surface area (Å²) in [6, 6.07) is 2.77. The first kappa shape index (κ1) is 15.5. The predicted octanol–water partition coefficient (Wildman–Crippen LogP) is 1.68. The normalized spacial score (nSPS) is 17.5. The summed E-state index contributed by atoms with van der Waals surface area (Å²) in [6.45, 7) is 2.31. The quantitative estimate of drug-likeness (QED) is 0.786. The van der Waals surface area contributed by atoms with Gasteiger partial charge in [0, 0.05) is 25.1 Å². The van der Waals surface area contributed by atoms with Crippen LogP contribution in [0.15, 0.2) is 18.2 Å². The molecule has 1 atom stereocenters. The monoisotopic (exact) mass is 300 g/mol. The van der Waals surface area contributed by atoms with Crippen molar-refractivity contribution in [3.8, 4) is 5.75 Å². The molecule has 0 saturated carbocycles. The van der Waals surface area contributed by atoms with Crippen LogP contribution in [0.3, 0.4) is 0 Å². The molecule has 1 heterocycles. The molecule has 0 radical (unpaired) electrons. The summed E-state index contributed by atoms with van der Waals surface area (Å²) in [5.74, 6) is -1.10. The number of rotatable bonds is 6. The summed E-state index contributed by atoms with van der Waals surface area (Å²) in [5, 5.41) is 5.33. The van der Waals surface area contributed by atoms with Crippen LogP contribution in [-0.2, 0) is 4.74 Å². The third-order valence-corrected chi connectivity index (χ3v) is 3.11. The van der Waals surface area contributed by atoms with Crippen molar-refractivity contribution in [2.75, 3.05) is 32.9 Å². The van der Waals surface area contributed by atoms with Crippen LogP contribution in [-0.4, -0.2) is 38.9 Å². The lowest BCUT2D eigenvalue weighted by molar-refractivity contribution is 0.185. The summed E-state index contributed by atoms with van der Waals surface area (Å²) in [5.41, 5.74) is 0.